The summed E-state index contributed by atoms with van der Waals surface area (Å²) in [5.41, 5.74) is 1.50. The molecule has 6 atom stereocenters. The molecule has 1 aromatic heterocycles. The minimum absolute atomic E-state index is 0.0782. The molecule has 0 spiro atoms. The number of carbonyl (C=O) groups is 4. The molecule has 1 saturated carbocycles. The van der Waals surface area contributed by atoms with Gasteiger partial charge in [0, 0.05) is 37.2 Å². The van der Waals surface area contributed by atoms with Gasteiger partial charge in [0.15, 0.2) is 5.78 Å². The Morgan fingerprint density at radius 2 is 1.76 bits per heavy atom. The number of nitrogens with one attached hydrogen (secondary N) is 3. The number of allylic oxidation sites excluding steroid dienone is 1. The molecule has 268 valence electrons. The molecule has 11 heteroatoms. The van der Waals surface area contributed by atoms with Crippen LogP contribution in [-0.4, -0.2) is 79.5 Å². The van der Waals surface area contributed by atoms with E-state index in [4.69, 9.17) is 0 Å². The van der Waals surface area contributed by atoms with Crippen molar-refractivity contribution in [3.63, 3.8) is 0 Å². The van der Waals surface area contributed by atoms with Gasteiger partial charge in [-0.15, -0.1) is 6.58 Å². The minimum Gasteiger partial charge on any atom is -0.465 e. The number of hydrogen-bond acceptors (Lipinski definition) is 6. The Labute approximate surface area is 290 Å². The number of imidazole rings is 1. The number of amides is 3. The minimum atomic E-state index is -1.14. The molecule has 2 fully saturated rings. The van der Waals surface area contributed by atoms with Crippen molar-refractivity contribution < 1.29 is 29.4 Å². The SMILES string of the molecule is C=C[C@@H](C[C@H](O)[C@H](CC1CCCCC1)NC(=O)C(Cc1cnc[nH]1)NC(=O)C(CC(=O)[C@@H]1CCCN1C(=O)O)Cc1ccccc1)C(C)C. The van der Waals surface area contributed by atoms with Crippen LogP contribution in [0.5, 0.6) is 0 Å². The Morgan fingerprint density at radius 3 is 2.39 bits per heavy atom. The number of aliphatic hydroxyl groups is 1. The molecule has 11 nitrogen and oxygen atoms in total. The number of nitrogens with zero attached hydrogens (tertiary/aromatic N) is 2. The zero-order valence-corrected chi connectivity index (χ0v) is 29.1. The molecule has 2 heterocycles. The van der Waals surface area contributed by atoms with Gasteiger partial charge in [-0.25, -0.2) is 9.78 Å². The van der Waals surface area contributed by atoms with Crippen LogP contribution < -0.4 is 10.6 Å². The number of aromatic amines is 1. The average Bonchev–Trinajstić information content (AvgIpc) is 3.80. The number of aromatic nitrogens is 2. The van der Waals surface area contributed by atoms with E-state index in [0.29, 0.717) is 37.3 Å². The first-order valence-corrected chi connectivity index (χ1v) is 18.0. The van der Waals surface area contributed by atoms with Crippen molar-refractivity contribution in [2.24, 2.45) is 23.7 Å². The highest BCUT2D eigenvalue weighted by atomic mass is 16.4. The largest absolute Gasteiger partial charge is 0.465 e. The van der Waals surface area contributed by atoms with E-state index in [9.17, 15) is 29.4 Å². The summed E-state index contributed by atoms with van der Waals surface area (Å²) < 4.78 is 0. The lowest BCUT2D eigenvalue weighted by molar-refractivity contribution is -0.134. The lowest BCUT2D eigenvalue weighted by Gasteiger charge is -2.33. The number of Topliss-reactive ketones (excluding diaryl/α,β-unsaturated/α-hetero) is 1. The number of aliphatic hydroxyl groups excluding tert-OH is 1. The number of H-pyrrole nitrogens is 1. The van der Waals surface area contributed by atoms with Crippen LogP contribution in [0.25, 0.3) is 0 Å². The normalized spacial score (nSPS) is 19.8. The van der Waals surface area contributed by atoms with E-state index in [0.717, 1.165) is 36.1 Å². The summed E-state index contributed by atoms with van der Waals surface area (Å²) >= 11 is 0. The Bertz CT molecular complexity index is 1360. The quantitative estimate of drug-likeness (QED) is 0.138. The molecule has 5 N–H and O–H groups in total. The van der Waals surface area contributed by atoms with Crippen LogP contribution in [0.4, 0.5) is 4.79 Å². The van der Waals surface area contributed by atoms with Crippen LogP contribution in [0.2, 0.25) is 0 Å². The van der Waals surface area contributed by atoms with Gasteiger partial charge in [-0.05, 0) is 55.4 Å². The fourth-order valence-corrected chi connectivity index (χ4v) is 7.44. The van der Waals surface area contributed by atoms with Crippen LogP contribution in [0.1, 0.15) is 89.3 Å². The first kappa shape index (κ1) is 37.8. The van der Waals surface area contributed by atoms with E-state index < -0.39 is 48.1 Å². The maximum absolute atomic E-state index is 14.2. The number of rotatable bonds is 18. The maximum atomic E-state index is 14.2. The molecule has 0 radical (unpaired) electrons. The summed E-state index contributed by atoms with van der Waals surface area (Å²) in [5.74, 6) is -1.27. The molecule has 2 aliphatic rings. The molecule has 1 aliphatic carbocycles. The van der Waals surface area contributed by atoms with E-state index >= 15 is 0 Å². The standard InChI is InChI=1S/C38H55N5O6/c1-4-28(25(2)3)20-34(44)31(19-27-14-9-6-10-15-27)41-37(47)32(22-30-23-39-24-40-30)42-36(46)29(18-26-12-7-5-8-13-26)21-35(45)33-16-11-17-43(33)38(48)49/h4-5,7-8,12-13,23-25,27-29,31-34,44H,1,6,9-11,14-22H2,2-3H3,(H,39,40)(H,41,47)(H,42,46)(H,48,49)/t28-,29?,31-,32?,33-,34-/m0/s1. The lowest BCUT2D eigenvalue weighted by Crippen LogP contribution is -2.55. The summed E-state index contributed by atoms with van der Waals surface area (Å²) in [6.07, 6.45) is 10.9. The van der Waals surface area contributed by atoms with E-state index in [1.807, 2.05) is 36.4 Å². The van der Waals surface area contributed by atoms with E-state index in [1.54, 1.807) is 6.20 Å². The summed E-state index contributed by atoms with van der Waals surface area (Å²) in [6, 6.07) is 7.03. The second-order valence-electron chi connectivity index (χ2n) is 14.3. The Balaban J connectivity index is 1.56. The molecule has 4 rings (SSSR count). The third-order valence-electron chi connectivity index (χ3n) is 10.4. The monoisotopic (exact) mass is 677 g/mol. The van der Waals surface area contributed by atoms with Gasteiger partial charge >= 0.3 is 6.09 Å². The van der Waals surface area contributed by atoms with Crippen molar-refractivity contribution in [1.29, 1.82) is 0 Å². The zero-order chi connectivity index (χ0) is 35.3. The van der Waals surface area contributed by atoms with Gasteiger partial charge < -0.3 is 25.8 Å². The molecule has 3 amide bonds. The zero-order valence-electron chi connectivity index (χ0n) is 29.1. The topological polar surface area (TPSA) is 165 Å². The van der Waals surface area contributed by atoms with Gasteiger partial charge in [0.2, 0.25) is 11.8 Å². The van der Waals surface area contributed by atoms with Gasteiger partial charge in [0.25, 0.3) is 0 Å². The number of carboxylic acid groups (broad SMARTS) is 1. The van der Waals surface area contributed by atoms with Crippen LogP contribution in [0, 0.1) is 23.7 Å². The summed E-state index contributed by atoms with van der Waals surface area (Å²) in [4.78, 5) is 61.8. The Morgan fingerprint density at radius 1 is 1.02 bits per heavy atom. The fraction of sp³-hybridized carbons (Fsp3) is 0.605. The Kier molecular flexibility index (Phi) is 14.4. The van der Waals surface area contributed by atoms with Crippen molar-refractivity contribution in [2.75, 3.05) is 6.54 Å². The summed E-state index contributed by atoms with van der Waals surface area (Å²) in [5, 5.41) is 27.2. The highest BCUT2D eigenvalue weighted by Gasteiger charge is 2.37. The van der Waals surface area contributed by atoms with Gasteiger partial charge in [-0.2, -0.15) is 0 Å². The first-order chi connectivity index (χ1) is 23.5. The number of hydrogen-bond donors (Lipinski definition) is 5. The molecule has 2 aromatic rings. The van der Waals surface area contributed by atoms with Crippen molar-refractivity contribution >= 4 is 23.7 Å². The van der Waals surface area contributed by atoms with Crippen LogP contribution in [-0.2, 0) is 27.2 Å². The number of likely N-dealkylation sites (tertiary alicyclic amines) is 1. The highest BCUT2D eigenvalue weighted by molar-refractivity contribution is 5.94. The molecular formula is C38H55N5O6. The molecule has 1 aromatic carbocycles. The highest BCUT2D eigenvalue weighted by Crippen LogP contribution is 2.30. The van der Waals surface area contributed by atoms with Crippen molar-refractivity contribution in [3.8, 4) is 0 Å². The average molecular weight is 678 g/mol. The van der Waals surface area contributed by atoms with Crippen LogP contribution in [0.15, 0.2) is 55.5 Å². The van der Waals surface area contributed by atoms with Crippen molar-refractivity contribution in [1.82, 2.24) is 25.5 Å². The molecule has 2 unspecified atom stereocenters. The second-order valence-corrected chi connectivity index (χ2v) is 14.3. The van der Waals surface area contributed by atoms with E-state index in [1.165, 1.54) is 12.7 Å². The molecule has 0 bridgehead atoms. The third-order valence-corrected chi connectivity index (χ3v) is 10.4. The van der Waals surface area contributed by atoms with E-state index in [2.05, 4.69) is 41.0 Å². The number of carbonyl (C=O) groups excluding carboxylic acids is 3. The summed E-state index contributed by atoms with van der Waals surface area (Å²) in [7, 11) is 0. The maximum Gasteiger partial charge on any atom is 0.407 e. The second kappa shape index (κ2) is 18.7. The van der Waals surface area contributed by atoms with Gasteiger partial charge in [-0.3, -0.25) is 19.3 Å². The van der Waals surface area contributed by atoms with Gasteiger partial charge in [0.05, 0.1) is 24.5 Å². The molecule has 1 saturated heterocycles. The fourth-order valence-electron chi connectivity index (χ4n) is 7.44. The van der Waals surface area contributed by atoms with Crippen LogP contribution >= 0.6 is 0 Å². The lowest BCUT2D eigenvalue weighted by atomic mass is 9.81. The molecular weight excluding hydrogens is 622 g/mol. The third kappa shape index (κ3) is 11.3. The number of ketones is 1. The smallest absolute Gasteiger partial charge is 0.407 e. The number of benzene rings is 1. The molecule has 49 heavy (non-hydrogen) atoms. The van der Waals surface area contributed by atoms with Crippen molar-refractivity contribution in [3.05, 3.63) is 66.8 Å². The van der Waals surface area contributed by atoms with Gasteiger partial charge in [0.1, 0.15) is 6.04 Å². The first-order valence-electron chi connectivity index (χ1n) is 18.0. The predicted octanol–water partition coefficient (Wildman–Crippen LogP) is 5.06. The Hall–Kier alpha value is -3.99. The van der Waals surface area contributed by atoms with Crippen LogP contribution in [0.3, 0.4) is 0 Å². The van der Waals surface area contributed by atoms with E-state index in [-0.39, 0.29) is 43.4 Å². The molecule has 1 aliphatic heterocycles. The van der Waals surface area contributed by atoms with Crippen molar-refractivity contribution in [2.45, 2.75) is 115 Å². The summed E-state index contributed by atoms with van der Waals surface area (Å²) in [6.45, 7) is 8.43. The van der Waals surface area contributed by atoms with Gasteiger partial charge in [-0.1, -0.05) is 82.4 Å². The predicted molar refractivity (Wildman–Crippen MR) is 188 cm³/mol.